The van der Waals surface area contributed by atoms with Crippen molar-refractivity contribution >= 4 is 40.5 Å². The van der Waals surface area contributed by atoms with E-state index in [0.717, 1.165) is 45.2 Å². The summed E-state index contributed by atoms with van der Waals surface area (Å²) < 4.78 is 28.1. The number of anilines is 1. The molecule has 2 amide bonds. The molecule has 13 heteroatoms. The highest BCUT2D eigenvalue weighted by Crippen LogP contribution is 2.43. The minimum Gasteiger partial charge on any atom is -0.504 e. The standard InChI is InChI=1S/C44H50N4O9/c1-6-45-35-25-38-33(22-28(35)3)43(34-23-29(4)36(46-7-2)26-39(34)57-38)31-10-8-9-11-32(31)44(52)56-27-42(51)48-17-19-55-21-20-54-18-16-47-41(50)15-13-30-12-14-37(49)40(24-30)53-5/h8-15,22-26,45,49H,6-7,16-21,27H2,1-5H3,(H,47,50)(H,48,51)/b15-13+,46-36?. The van der Waals surface area contributed by atoms with E-state index in [1.54, 1.807) is 30.3 Å². The van der Waals surface area contributed by atoms with Crippen LogP contribution in [-0.4, -0.2) is 89.2 Å². The van der Waals surface area contributed by atoms with Gasteiger partial charge in [0.2, 0.25) is 5.91 Å². The number of aromatic hydroxyl groups is 1. The number of carbonyl (C=O) groups excluding carboxylic acids is 3. The van der Waals surface area contributed by atoms with Gasteiger partial charge in [0.15, 0.2) is 18.1 Å². The van der Waals surface area contributed by atoms with Crippen LogP contribution in [0, 0.1) is 13.8 Å². The second-order valence-corrected chi connectivity index (χ2v) is 13.0. The fraction of sp³-hybridized carbons (Fsp3) is 0.318. The van der Waals surface area contributed by atoms with Crippen molar-refractivity contribution in [2.45, 2.75) is 27.7 Å². The molecule has 13 nitrogen and oxygen atoms in total. The van der Waals surface area contributed by atoms with E-state index in [2.05, 4.69) is 27.0 Å². The van der Waals surface area contributed by atoms with Gasteiger partial charge in [0.1, 0.15) is 11.3 Å². The van der Waals surface area contributed by atoms with Crippen LogP contribution < -0.4 is 26.0 Å². The first-order valence-corrected chi connectivity index (χ1v) is 18.9. The molecule has 1 aliphatic heterocycles. The molecule has 0 aromatic heterocycles. The lowest BCUT2D eigenvalue weighted by atomic mass is 9.89. The Balaban J connectivity index is 1.10. The molecule has 4 N–H and O–H groups in total. The van der Waals surface area contributed by atoms with Gasteiger partial charge in [-0.2, -0.15) is 0 Å². The molecule has 1 aliphatic carbocycles. The van der Waals surface area contributed by atoms with Crippen molar-refractivity contribution in [1.29, 1.82) is 0 Å². The van der Waals surface area contributed by atoms with Crippen molar-refractivity contribution < 1.29 is 42.9 Å². The molecule has 0 fully saturated rings. The number of phenolic OH excluding ortho intramolecular Hbond substituents is 1. The van der Waals surface area contributed by atoms with Crippen molar-refractivity contribution in [1.82, 2.24) is 10.6 Å². The normalized spacial score (nSPS) is 11.6. The van der Waals surface area contributed by atoms with E-state index in [-0.39, 0.29) is 24.8 Å². The summed E-state index contributed by atoms with van der Waals surface area (Å²) in [5, 5.41) is 20.2. The number of nitrogens with zero attached hydrogens (tertiary/aromatic N) is 1. The molecule has 0 bridgehead atoms. The third-order valence-electron chi connectivity index (χ3n) is 8.95. The number of carbonyl (C=O) groups is 3. The lowest BCUT2D eigenvalue weighted by molar-refractivity contribution is -0.124. The van der Waals surface area contributed by atoms with Gasteiger partial charge >= 0.3 is 5.97 Å². The number of hydrogen-bond donors (Lipinski definition) is 4. The molecule has 0 atom stereocenters. The molecule has 2 aliphatic rings. The number of methoxy groups -OCH3 is 1. The summed E-state index contributed by atoms with van der Waals surface area (Å²) in [4.78, 5) is 42.9. The molecule has 0 spiro atoms. The van der Waals surface area contributed by atoms with E-state index in [1.807, 2.05) is 58.0 Å². The lowest BCUT2D eigenvalue weighted by Crippen LogP contribution is -2.32. The summed E-state index contributed by atoms with van der Waals surface area (Å²) in [6.07, 6.45) is 3.00. The van der Waals surface area contributed by atoms with Crippen molar-refractivity contribution in [2.24, 2.45) is 4.99 Å². The number of fused-ring (bicyclic) bond motifs is 2. The summed E-state index contributed by atoms with van der Waals surface area (Å²) in [7, 11) is 1.45. The van der Waals surface area contributed by atoms with Crippen LogP contribution in [0.15, 0.2) is 82.2 Å². The van der Waals surface area contributed by atoms with Gasteiger partial charge in [0.05, 0.1) is 44.5 Å². The number of hydrogen-bond acceptors (Lipinski definition) is 11. The van der Waals surface area contributed by atoms with E-state index >= 15 is 0 Å². The maximum Gasteiger partial charge on any atom is 0.339 e. The first-order valence-electron chi connectivity index (χ1n) is 18.9. The highest BCUT2D eigenvalue weighted by Gasteiger charge is 2.24. The quantitative estimate of drug-likeness (QED) is 0.0337. The first kappa shape index (κ1) is 42.0. The fourth-order valence-corrected chi connectivity index (χ4v) is 6.20. The summed E-state index contributed by atoms with van der Waals surface area (Å²) in [5.74, 6) is -0.394. The highest BCUT2D eigenvalue weighted by atomic mass is 16.5. The molecule has 300 valence electrons. The number of amides is 2. The minimum absolute atomic E-state index is 0.0219. The zero-order valence-corrected chi connectivity index (χ0v) is 33.0. The van der Waals surface area contributed by atoms with Gasteiger partial charge < -0.3 is 44.4 Å². The maximum absolute atomic E-state index is 13.6. The molecule has 5 rings (SSSR count). The Morgan fingerprint density at radius 3 is 2.35 bits per heavy atom. The lowest BCUT2D eigenvalue weighted by Gasteiger charge is -2.19. The SMILES string of the molecule is CCN=c1cc2oc3cc(NCC)c(C)cc3c(-c3ccccc3C(=O)OCC(=O)NCCOCCOCCNC(=O)/C=C/c3ccc(O)c(OC)c3)c-2cc1C. The molecule has 57 heavy (non-hydrogen) atoms. The molecule has 3 aromatic carbocycles. The second-order valence-electron chi connectivity index (χ2n) is 13.0. The molecule has 1 heterocycles. The van der Waals surface area contributed by atoms with Crippen LogP contribution in [0.25, 0.3) is 39.5 Å². The average Bonchev–Trinajstić information content (AvgIpc) is 3.20. The zero-order valence-electron chi connectivity index (χ0n) is 33.0. The van der Waals surface area contributed by atoms with Crippen LogP contribution in [0.1, 0.15) is 40.9 Å². The largest absolute Gasteiger partial charge is 0.504 e. The van der Waals surface area contributed by atoms with E-state index in [4.69, 9.17) is 23.4 Å². The van der Waals surface area contributed by atoms with Crippen LogP contribution in [0.2, 0.25) is 0 Å². The van der Waals surface area contributed by atoms with Gasteiger partial charge in [-0.3, -0.25) is 14.6 Å². The minimum atomic E-state index is -0.628. The Hall–Kier alpha value is -6.18. The third kappa shape index (κ3) is 11.2. The number of phenols is 1. The number of benzene rings is 4. The Labute approximate surface area is 332 Å². The van der Waals surface area contributed by atoms with Crippen molar-refractivity contribution in [3.8, 4) is 33.9 Å². The topological polar surface area (TPSA) is 170 Å². The van der Waals surface area contributed by atoms with Gasteiger partial charge in [-0.25, -0.2) is 4.79 Å². The summed E-state index contributed by atoms with van der Waals surface area (Å²) in [5.41, 5.74) is 6.97. The van der Waals surface area contributed by atoms with Crippen molar-refractivity contribution in [2.75, 3.05) is 71.6 Å². The Morgan fingerprint density at radius 1 is 0.860 bits per heavy atom. The second kappa shape index (κ2) is 20.7. The number of ether oxygens (including phenoxy) is 4. The number of nitrogens with one attached hydrogen (secondary N) is 3. The number of esters is 1. The van der Waals surface area contributed by atoms with Crippen molar-refractivity contribution in [3.05, 3.63) is 100 Å². The van der Waals surface area contributed by atoms with E-state index in [0.29, 0.717) is 66.7 Å². The van der Waals surface area contributed by atoms with Crippen LogP contribution in [0.3, 0.4) is 0 Å². The monoisotopic (exact) mass is 778 g/mol. The Bertz CT molecular complexity index is 2260. The highest BCUT2D eigenvalue weighted by molar-refractivity contribution is 6.08. The first-order chi connectivity index (χ1) is 27.6. The van der Waals surface area contributed by atoms with E-state index < -0.39 is 18.5 Å². The van der Waals surface area contributed by atoms with Crippen molar-refractivity contribution in [3.63, 3.8) is 0 Å². The van der Waals surface area contributed by atoms with Gasteiger partial charge in [0.25, 0.3) is 5.91 Å². The Kier molecular flexibility index (Phi) is 15.2. The van der Waals surface area contributed by atoms with Gasteiger partial charge in [-0.1, -0.05) is 24.3 Å². The summed E-state index contributed by atoms with van der Waals surface area (Å²) in [6.45, 7) is 10.6. The average molecular weight is 779 g/mol. The van der Waals surface area contributed by atoms with Gasteiger partial charge in [0, 0.05) is 66.6 Å². The van der Waals surface area contributed by atoms with Crippen LogP contribution in [0.5, 0.6) is 11.5 Å². The Morgan fingerprint density at radius 2 is 1.61 bits per heavy atom. The predicted molar refractivity (Wildman–Crippen MR) is 220 cm³/mol. The molecule has 0 unspecified atom stereocenters. The van der Waals surface area contributed by atoms with Crippen LogP contribution >= 0.6 is 0 Å². The number of rotatable bonds is 19. The third-order valence-corrected chi connectivity index (χ3v) is 8.95. The summed E-state index contributed by atoms with van der Waals surface area (Å²) >= 11 is 0. The predicted octanol–water partition coefficient (Wildman–Crippen LogP) is 6.02. The molecular weight excluding hydrogens is 729 g/mol. The number of aryl methyl sites for hydroxylation is 2. The van der Waals surface area contributed by atoms with Gasteiger partial charge in [-0.15, -0.1) is 0 Å². The van der Waals surface area contributed by atoms with Crippen LogP contribution in [0.4, 0.5) is 5.69 Å². The maximum atomic E-state index is 13.6. The molecule has 0 saturated heterocycles. The molecule has 3 aromatic rings. The van der Waals surface area contributed by atoms with E-state index in [9.17, 15) is 19.5 Å². The zero-order chi connectivity index (χ0) is 40.7. The molecule has 0 saturated carbocycles. The smallest absolute Gasteiger partial charge is 0.339 e. The van der Waals surface area contributed by atoms with Gasteiger partial charge in [-0.05, 0) is 86.4 Å². The molecular formula is C44H50N4O9. The summed E-state index contributed by atoms with van der Waals surface area (Å²) in [6, 6.07) is 20.0. The molecule has 0 radical (unpaired) electrons. The fourth-order valence-electron chi connectivity index (χ4n) is 6.20. The van der Waals surface area contributed by atoms with Crippen LogP contribution in [-0.2, 0) is 23.8 Å². The van der Waals surface area contributed by atoms with E-state index in [1.165, 1.54) is 19.3 Å².